The van der Waals surface area contributed by atoms with E-state index in [9.17, 15) is 24.0 Å². The first-order valence-corrected chi connectivity index (χ1v) is 12.5. The van der Waals surface area contributed by atoms with Crippen LogP contribution in [0.3, 0.4) is 0 Å². The average Bonchev–Trinajstić information content (AvgIpc) is 2.98. The number of fused-ring (bicyclic) bond motifs is 1. The predicted molar refractivity (Wildman–Crippen MR) is 129 cm³/mol. The molecule has 1 aliphatic carbocycles. The van der Waals surface area contributed by atoms with E-state index in [0.717, 1.165) is 37.3 Å². The molecule has 3 fully saturated rings. The van der Waals surface area contributed by atoms with Gasteiger partial charge in [0.2, 0.25) is 11.8 Å². The fourth-order valence-corrected chi connectivity index (χ4v) is 5.92. The molecule has 0 bridgehead atoms. The number of benzene rings is 1. The lowest BCUT2D eigenvalue weighted by Gasteiger charge is -2.59. The van der Waals surface area contributed by atoms with Crippen LogP contribution in [0.15, 0.2) is 18.2 Å². The maximum Gasteiger partial charge on any atom is 0.410 e. The zero-order chi connectivity index (χ0) is 25.8. The summed E-state index contributed by atoms with van der Waals surface area (Å²) in [6, 6.07) is 4.11. The molecular weight excluding hydrogens is 464 g/mol. The Morgan fingerprint density at radius 2 is 1.86 bits per heavy atom. The van der Waals surface area contributed by atoms with E-state index in [2.05, 4.69) is 10.6 Å². The number of nitrogens with zero attached hydrogens (tertiary/aromatic N) is 2. The number of likely N-dealkylation sites (tertiary alicyclic amines) is 1. The molecule has 10 nitrogen and oxygen atoms in total. The Balaban J connectivity index is 1.13. The number of carbonyl (C=O) groups is 5. The van der Waals surface area contributed by atoms with E-state index in [-0.39, 0.29) is 35.5 Å². The molecule has 3 heterocycles. The van der Waals surface area contributed by atoms with Crippen molar-refractivity contribution in [2.24, 2.45) is 11.3 Å². The van der Waals surface area contributed by atoms with Gasteiger partial charge in [-0.05, 0) is 64.5 Å². The number of imide groups is 2. The lowest BCUT2D eigenvalue weighted by molar-refractivity contribution is -0.136. The molecular formula is C26H32N4O6. The van der Waals surface area contributed by atoms with Crippen LogP contribution in [0, 0.1) is 11.3 Å². The first-order chi connectivity index (χ1) is 17.0. The van der Waals surface area contributed by atoms with Gasteiger partial charge in [-0.3, -0.25) is 29.4 Å². The Morgan fingerprint density at radius 1 is 1.14 bits per heavy atom. The Bertz CT molecular complexity index is 1140. The van der Waals surface area contributed by atoms with E-state index in [1.165, 1.54) is 0 Å². The first kappa shape index (κ1) is 24.3. The highest BCUT2D eigenvalue weighted by molar-refractivity contribution is 6.25. The van der Waals surface area contributed by atoms with Crippen molar-refractivity contribution >= 4 is 35.4 Å². The van der Waals surface area contributed by atoms with Crippen molar-refractivity contribution in [3.63, 3.8) is 0 Å². The molecule has 1 aromatic rings. The molecule has 36 heavy (non-hydrogen) atoms. The van der Waals surface area contributed by atoms with Crippen molar-refractivity contribution < 1.29 is 28.7 Å². The molecule has 5 rings (SSSR count). The topological polar surface area (TPSA) is 125 Å². The largest absolute Gasteiger partial charge is 0.444 e. The molecule has 0 radical (unpaired) electrons. The highest BCUT2D eigenvalue weighted by Crippen LogP contribution is 2.53. The summed E-state index contributed by atoms with van der Waals surface area (Å²) < 4.78 is 5.44. The number of amides is 5. The maximum atomic E-state index is 13.2. The third-order valence-corrected chi connectivity index (χ3v) is 7.48. The second-order valence-corrected chi connectivity index (χ2v) is 11.5. The van der Waals surface area contributed by atoms with Gasteiger partial charge in [0.15, 0.2) is 0 Å². The Hall–Kier alpha value is -3.43. The normalized spacial score (nSPS) is 23.2. The molecule has 1 saturated carbocycles. The van der Waals surface area contributed by atoms with E-state index in [4.69, 9.17) is 4.74 Å². The van der Waals surface area contributed by atoms with Gasteiger partial charge in [0, 0.05) is 37.2 Å². The van der Waals surface area contributed by atoms with Crippen LogP contribution in [0.2, 0.25) is 0 Å². The molecule has 192 valence electrons. The first-order valence-electron chi connectivity index (χ1n) is 12.5. The summed E-state index contributed by atoms with van der Waals surface area (Å²) in [5.41, 5.74) is 0.851. The van der Waals surface area contributed by atoms with Crippen LogP contribution in [-0.2, 0) is 14.3 Å². The monoisotopic (exact) mass is 496 g/mol. The molecule has 1 aromatic carbocycles. The number of rotatable bonds is 5. The van der Waals surface area contributed by atoms with E-state index < -0.39 is 35.3 Å². The summed E-state index contributed by atoms with van der Waals surface area (Å²) in [4.78, 5) is 64.8. The number of hydrogen-bond acceptors (Lipinski definition) is 7. The molecule has 4 aliphatic rings. The fourth-order valence-electron chi connectivity index (χ4n) is 5.92. The van der Waals surface area contributed by atoms with Gasteiger partial charge in [-0.2, -0.15) is 0 Å². The Labute approximate surface area is 209 Å². The number of anilines is 1. The number of hydrogen-bond donors (Lipinski definition) is 2. The minimum Gasteiger partial charge on any atom is -0.444 e. The number of nitrogens with one attached hydrogen (secondary N) is 2. The van der Waals surface area contributed by atoms with Gasteiger partial charge in [0.25, 0.3) is 11.8 Å². The van der Waals surface area contributed by atoms with Crippen LogP contribution in [0.4, 0.5) is 10.5 Å². The standard InChI is InChI=1S/C26H32N4O6/c1-25(2,3)36-24(35)29-13-26(14-29)11-15(12-26)9-10-27-17-6-4-5-16-20(17)23(34)30(22(16)33)18-7-8-19(31)28-21(18)32/h4-6,15,18,27H,7-14H2,1-3H3,(H,28,31,32). The van der Waals surface area contributed by atoms with Crippen LogP contribution in [0.1, 0.15) is 73.6 Å². The quantitative estimate of drug-likeness (QED) is 0.600. The van der Waals surface area contributed by atoms with E-state index in [1.807, 2.05) is 20.8 Å². The Kier molecular flexibility index (Phi) is 5.80. The van der Waals surface area contributed by atoms with Gasteiger partial charge in [-0.15, -0.1) is 0 Å². The van der Waals surface area contributed by atoms with Gasteiger partial charge in [0.1, 0.15) is 11.6 Å². The van der Waals surface area contributed by atoms with Crippen molar-refractivity contribution in [2.45, 2.75) is 64.5 Å². The second-order valence-electron chi connectivity index (χ2n) is 11.5. The maximum absolute atomic E-state index is 13.2. The molecule has 3 aliphatic heterocycles. The third kappa shape index (κ3) is 4.33. The van der Waals surface area contributed by atoms with Crippen LogP contribution in [0.25, 0.3) is 0 Å². The molecule has 1 spiro atoms. The number of carbonyl (C=O) groups excluding carboxylic acids is 5. The molecule has 2 N–H and O–H groups in total. The van der Waals surface area contributed by atoms with Crippen molar-refractivity contribution in [3.05, 3.63) is 29.3 Å². The number of ether oxygens (including phenoxy) is 1. The molecule has 0 aromatic heterocycles. The summed E-state index contributed by atoms with van der Waals surface area (Å²) >= 11 is 0. The smallest absolute Gasteiger partial charge is 0.410 e. The van der Waals surface area contributed by atoms with E-state index in [0.29, 0.717) is 18.2 Å². The summed E-state index contributed by atoms with van der Waals surface area (Å²) in [7, 11) is 0. The average molecular weight is 497 g/mol. The zero-order valence-electron chi connectivity index (χ0n) is 20.9. The molecule has 2 saturated heterocycles. The highest BCUT2D eigenvalue weighted by Gasteiger charge is 2.54. The Morgan fingerprint density at radius 3 is 2.53 bits per heavy atom. The lowest BCUT2D eigenvalue weighted by atomic mass is 9.57. The third-order valence-electron chi connectivity index (χ3n) is 7.48. The summed E-state index contributed by atoms with van der Waals surface area (Å²) in [5, 5.41) is 5.53. The second kappa shape index (κ2) is 8.60. The molecule has 10 heteroatoms. The SMILES string of the molecule is CC(C)(C)OC(=O)N1CC2(CC(CCNc3cccc4c3C(=O)N(C3CCC(=O)NC3=O)C4=O)C2)C1. The molecule has 5 amide bonds. The fraction of sp³-hybridized carbons (Fsp3) is 0.577. The van der Waals surface area contributed by atoms with Gasteiger partial charge in [-0.1, -0.05) is 6.07 Å². The minimum atomic E-state index is -0.975. The van der Waals surface area contributed by atoms with Gasteiger partial charge in [0.05, 0.1) is 11.1 Å². The van der Waals surface area contributed by atoms with Gasteiger partial charge >= 0.3 is 6.09 Å². The van der Waals surface area contributed by atoms with E-state index >= 15 is 0 Å². The van der Waals surface area contributed by atoms with Crippen molar-refractivity contribution in [1.82, 2.24) is 15.1 Å². The van der Waals surface area contributed by atoms with Crippen molar-refractivity contribution in [3.8, 4) is 0 Å². The summed E-state index contributed by atoms with van der Waals surface area (Å²) in [6.45, 7) is 7.73. The van der Waals surface area contributed by atoms with Gasteiger partial charge in [-0.25, -0.2) is 4.79 Å². The minimum absolute atomic E-state index is 0.0906. The van der Waals surface area contributed by atoms with Crippen LogP contribution in [0.5, 0.6) is 0 Å². The van der Waals surface area contributed by atoms with Gasteiger partial charge < -0.3 is 15.0 Å². The summed E-state index contributed by atoms with van der Waals surface area (Å²) in [5.74, 6) is -1.49. The van der Waals surface area contributed by atoms with Crippen LogP contribution in [-0.4, -0.2) is 70.8 Å². The molecule has 1 atom stereocenters. The zero-order valence-corrected chi connectivity index (χ0v) is 20.9. The van der Waals surface area contributed by atoms with Crippen LogP contribution >= 0.6 is 0 Å². The van der Waals surface area contributed by atoms with Crippen LogP contribution < -0.4 is 10.6 Å². The highest BCUT2D eigenvalue weighted by atomic mass is 16.6. The molecule has 1 unspecified atom stereocenters. The predicted octanol–water partition coefficient (Wildman–Crippen LogP) is 2.54. The lowest BCUT2D eigenvalue weighted by Crippen LogP contribution is -2.64. The van der Waals surface area contributed by atoms with Crippen molar-refractivity contribution in [2.75, 3.05) is 25.0 Å². The number of piperidine rings is 1. The summed E-state index contributed by atoms with van der Waals surface area (Å²) in [6.07, 6.45) is 3.00. The van der Waals surface area contributed by atoms with E-state index in [1.54, 1.807) is 23.1 Å². The van der Waals surface area contributed by atoms with Crippen molar-refractivity contribution in [1.29, 1.82) is 0 Å².